The van der Waals surface area contributed by atoms with Crippen LogP contribution in [0.3, 0.4) is 0 Å². The first-order chi connectivity index (χ1) is 14.8. The van der Waals surface area contributed by atoms with Crippen LogP contribution in [0.2, 0.25) is 0 Å². The van der Waals surface area contributed by atoms with Gasteiger partial charge in [-0.25, -0.2) is 0 Å². The highest BCUT2D eigenvalue weighted by atomic mass is 79.9. The van der Waals surface area contributed by atoms with Gasteiger partial charge in [-0.15, -0.1) is 0 Å². The summed E-state index contributed by atoms with van der Waals surface area (Å²) in [5.74, 6) is 1.83. The van der Waals surface area contributed by atoms with Crippen LogP contribution < -0.4 is 4.74 Å². The summed E-state index contributed by atoms with van der Waals surface area (Å²) in [6, 6.07) is 36.2. The van der Waals surface area contributed by atoms with Gasteiger partial charge in [-0.05, 0) is 63.5 Å². The van der Waals surface area contributed by atoms with Gasteiger partial charge >= 0.3 is 0 Å². The van der Waals surface area contributed by atoms with Gasteiger partial charge in [-0.3, -0.25) is 0 Å². The van der Waals surface area contributed by atoms with Crippen LogP contribution in [0.25, 0.3) is 44.2 Å². The van der Waals surface area contributed by atoms with E-state index in [4.69, 9.17) is 4.74 Å². The molecule has 0 atom stereocenters. The van der Waals surface area contributed by atoms with Crippen molar-refractivity contribution in [3.8, 4) is 44.9 Å². The maximum absolute atomic E-state index is 6.25. The minimum absolute atomic E-state index is 0.916. The lowest BCUT2D eigenvalue weighted by molar-refractivity contribution is 0.487. The van der Waals surface area contributed by atoms with Crippen LogP contribution in [0.1, 0.15) is 0 Å². The molecule has 0 saturated heterocycles. The molecule has 1 nitrogen and oxygen atoms in total. The number of halogens is 1. The Bertz CT molecular complexity index is 1420. The summed E-state index contributed by atoms with van der Waals surface area (Å²) in [6.45, 7) is 0. The van der Waals surface area contributed by atoms with E-state index in [0.29, 0.717) is 0 Å². The van der Waals surface area contributed by atoms with E-state index in [9.17, 15) is 0 Å². The van der Waals surface area contributed by atoms with Crippen LogP contribution in [0.4, 0.5) is 0 Å². The van der Waals surface area contributed by atoms with Crippen molar-refractivity contribution in [2.45, 2.75) is 0 Å². The lowest BCUT2D eigenvalue weighted by Crippen LogP contribution is -1.97. The van der Waals surface area contributed by atoms with E-state index < -0.39 is 0 Å². The Morgan fingerprint density at radius 1 is 0.500 bits per heavy atom. The molecule has 30 heavy (non-hydrogen) atoms. The lowest BCUT2D eigenvalue weighted by atomic mass is 9.90. The standard InChI is InChI=1S/C28H17BrO/c29-21-16-19(18-7-2-1-3-8-18)15-20(17-21)22-13-14-27-28-24(22)10-6-11-25(28)23-9-4-5-12-26(23)30-27/h1-17H. The van der Waals surface area contributed by atoms with Crippen molar-refractivity contribution in [1.82, 2.24) is 0 Å². The Morgan fingerprint density at radius 2 is 1.27 bits per heavy atom. The molecule has 0 fully saturated rings. The number of hydrogen-bond donors (Lipinski definition) is 0. The highest BCUT2D eigenvalue weighted by Crippen LogP contribution is 2.48. The molecule has 5 aromatic carbocycles. The molecule has 2 heteroatoms. The molecule has 1 aliphatic heterocycles. The van der Waals surface area contributed by atoms with Crippen LogP contribution in [0, 0.1) is 0 Å². The molecular formula is C28H17BrO. The quantitative estimate of drug-likeness (QED) is 0.257. The van der Waals surface area contributed by atoms with E-state index in [0.717, 1.165) is 21.5 Å². The van der Waals surface area contributed by atoms with Gasteiger partial charge in [0.1, 0.15) is 11.5 Å². The third-order valence-electron chi connectivity index (χ3n) is 5.72. The van der Waals surface area contributed by atoms with Gasteiger partial charge < -0.3 is 4.74 Å². The number of ether oxygens (including phenoxy) is 1. The van der Waals surface area contributed by atoms with E-state index >= 15 is 0 Å². The number of fused-ring (bicyclic) bond motifs is 2. The van der Waals surface area contributed by atoms with E-state index in [1.807, 2.05) is 18.2 Å². The third kappa shape index (κ3) is 2.76. The molecule has 5 aromatic rings. The van der Waals surface area contributed by atoms with E-state index in [2.05, 4.69) is 101 Å². The van der Waals surface area contributed by atoms with Crippen molar-refractivity contribution < 1.29 is 4.74 Å². The van der Waals surface area contributed by atoms with Crippen LogP contribution in [-0.2, 0) is 0 Å². The smallest absolute Gasteiger partial charge is 0.135 e. The molecule has 0 spiro atoms. The molecule has 142 valence electrons. The van der Waals surface area contributed by atoms with Gasteiger partial charge in [0.15, 0.2) is 0 Å². The molecule has 0 bridgehead atoms. The summed E-state index contributed by atoms with van der Waals surface area (Å²) < 4.78 is 7.32. The fourth-order valence-corrected chi connectivity index (χ4v) is 4.87. The van der Waals surface area contributed by atoms with Gasteiger partial charge in [0.25, 0.3) is 0 Å². The van der Waals surface area contributed by atoms with E-state index in [1.54, 1.807) is 0 Å². The van der Waals surface area contributed by atoms with Crippen LogP contribution >= 0.6 is 15.9 Å². The van der Waals surface area contributed by atoms with Crippen molar-refractivity contribution in [3.63, 3.8) is 0 Å². The van der Waals surface area contributed by atoms with Gasteiger partial charge in [-0.1, -0.05) is 88.7 Å². The Kier molecular flexibility index (Phi) is 4.00. The maximum atomic E-state index is 6.25. The number of benzene rings is 5. The molecule has 0 N–H and O–H groups in total. The SMILES string of the molecule is Brc1cc(-c2ccccc2)cc(-c2ccc3c4c(cccc24)-c2ccccc2O3)c1. The Hall–Kier alpha value is -3.36. The summed E-state index contributed by atoms with van der Waals surface area (Å²) in [6.07, 6.45) is 0. The fourth-order valence-electron chi connectivity index (χ4n) is 4.37. The van der Waals surface area contributed by atoms with Crippen molar-refractivity contribution in [1.29, 1.82) is 0 Å². The molecule has 1 aliphatic rings. The van der Waals surface area contributed by atoms with Crippen molar-refractivity contribution >= 4 is 26.7 Å². The first kappa shape index (κ1) is 17.5. The van der Waals surface area contributed by atoms with Gasteiger partial charge in [0, 0.05) is 15.4 Å². The summed E-state index contributed by atoms with van der Waals surface area (Å²) in [7, 11) is 0. The third-order valence-corrected chi connectivity index (χ3v) is 6.17. The van der Waals surface area contributed by atoms with Crippen molar-refractivity contribution in [3.05, 3.63) is 108 Å². The predicted molar refractivity (Wildman–Crippen MR) is 128 cm³/mol. The second-order valence-corrected chi connectivity index (χ2v) is 8.45. The summed E-state index contributed by atoms with van der Waals surface area (Å²) in [5.41, 5.74) is 7.17. The zero-order chi connectivity index (χ0) is 20.1. The van der Waals surface area contributed by atoms with Crippen molar-refractivity contribution in [2.75, 3.05) is 0 Å². The first-order valence-corrected chi connectivity index (χ1v) is 10.8. The van der Waals surface area contributed by atoms with Gasteiger partial charge in [-0.2, -0.15) is 0 Å². The highest BCUT2D eigenvalue weighted by molar-refractivity contribution is 9.10. The maximum Gasteiger partial charge on any atom is 0.135 e. The molecular weight excluding hydrogens is 432 g/mol. The minimum atomic E-state index is 0.916. The van der Waals surface area contributed by atoms with Crippen LogP contribution in [-0.4, -0.2) is 0 Å². The topological polar surface area (TPSA) is 9.23 Å². The number of rotatable bonds is 2. The number of hydrogen-bond acceptors (Lipinski definition) is 1. The van der Waals surface area contributed by atoms with Gasteiger partial charge in [0.05, 0.1) is 0 Å². The van der Waals surface area contributed by atoms with E-state index in [-0.39, 0.29) is 0 Å². The molecule has 1 heterocycles. The second kappa shape index (κ2) is 6.86. The molecule has 6 rings (SSSR count). The molecule has 0 saturated carbocycles. The summed E-state index contributed by atoms with van der Waals surface area (Å²) >= 11 is 3.72. The van der Waals surface area contributed by atoms with Crippen molar-refractivity contribution in [2.24, 2.45) is 0 Å². The van der Waals surface area contributed by atoms with E-state index in [1.165, 1.54) is 38.6 Å². The van der Waals surface area contributed by atoms with Gasteiger partial charge in [0.2, 0.25) is 0 Å². The molecule has 0 unspecified atom stereocenters. The Balaban J connectivity index is 1.60. The predicted octanol–water partition coefficient (Wildman–Crippen LogP) is 8.71. The number of para-hydroxylation sites is 1. The summed E-state index contributed by atoms with van der Waals surface area (Å²) in [4.78, 5) is 0. The average Bonchev–Trinajstić information content (AvgIpc) is 2.80. The zero-order valence-corrected chi connectivity index (χ0v) is 17.7. The highest BCUT2D eigenvalue weighted by Gasteiger charge is 2.21. The largest absolute Gasteiger partial charge is 0.456 e. The molecule has 0 aromatic heterocycles. The zero-order valence-electron chi connectivity index (χ0n) is 16.1. The monoisotopic (exact) mass is 448 g/mol. The molecule has 0 radical (unpaired) electrons. The fraction of sp³-hybridized carbons (Fsp3) is 0. The Labute approximate surface area is 183 Å². The minimum Gasteiger partial charge on any atom is -0.456 e. The Morgan fingerprint density at radius 3 is 2.17 bits per heavy atom. The molecule has 0 amide bonds. The lowest BCUT2D eigenvalue weighted by Gasteiger charge is -2.22. The van der Waals surface area contributed by atoms with Crippen LogP contribution in [0.5, 0.6) is 11.5 Å². The average molecular weight is 449 g/mol. The summed E-state index contributed by atoms with van der Waals surface area (Å²) in [5, 5.41) is 2.38. The first-order valence-electron chi connectivity index (χ1n) is 9.97. The van der Waals surface area contributed by atoms with Crippen LogP contribution in [0.15, 0.2) is 108 Å². The second-order valence-electron chi connectivity index (χ2n) is 7.53. The normalized spacial score (nSPS) is 11.8. The molecule has 0 aliphatic carbocycles.